The number of rotatable bonds is 11. The van der Waals surface area contributed by atoms with E-state index in [1.165, 1.54) is 0 Å². The molecule has 0 aliphatic heterocycles. The van der Waals surface area contributed by atoms with E-state index in [4.69, 9.17) is 9.47 Å². The van der Waals surface area contributed by atoms with Crippen LogP contribution < -0.4 is 16.0 Å². The Morgan fingerprint density at radius 3 is 2.35 bits per heavy atom. The van der Waals surface area contributed by atoms with Crippen molar-refractivity contribution in [1.29, 1.82) is 0 Å². The zero-order valence-corrected chi connectivity index (χ0v) is 20.0. The molecule has 34 heavy (non-hydrogen) atoms. The maximum Gasteiger partial charge on any atom is 0.408 e. The summed E-state index contributed by atoms with van der Waals surface area (Å²) in [5.74, 6) is -0.331. The van der Waals surface area contributed by atoms with Gasteiger partial charge in [-0.05, 0) is 57.7 Å². The molecule has 0 aliphatic rings. The lowest BCUT2D eigenvalue weighted by molar-refractivity contribution is -0.123. The van der Waals surface area contributed by atoms with Crippen LogP contribution in [0.3, 0.4) is 0 Å². The van der Waals surface area contributed by atoms with Gasteiger partial charge in [0.2, 0.25) is 5.91 Å². The maximum absolute atomic E-state index is 12.8. The summed E-state index contributed by atoms with van der Waals surface area (Å²) in [7, 11) is 0. The van der Waals surface area contributed by atoms with Gasteiger partial charge in [-0.15, -0.1) is 0 Å². The molecule has 0 bridgehead atoms. The van der Waals surface area contributed by atoms with Gasteiger partial charge in [-0.3, -0.25) is 9.78 Å². The van der Waals surface area contributed by atoms with E-state index < -0.39 is 23.8 Å². The van der Waals surface area contributed by atoms with Crippen molar-refractivity contribution in [2.75, 3.05) is 6.54 Å². The highest BCUT2D eigenvalue weighted by Crippen LogP contribution is 2.07. The number of benzene rings is 1. The summed E-state index contributed by atoms with van der Waals surface area (Å²) in [6.07, 6.45) is 2.08. The molecule has 0 radical (unpaired) electrons. The quantitative estimate of drug-likeness (QED) is 0.431. The molecule has 3 N–H and O–H groups in total. The van der Waals surface area contributed by atoms with E-state index in [1.54, 1.807) is 39.1 Å². The molecule has 0 fully saturated rings. The predicted octanol–water partition coefficient (Wildman–Crippen LogP) is 3.69. The lowest BCUT2D eigenvalue weighted by Gasteiger charge is -2.20. The number of unbranched alkanes of at least 4 members (excludes halogenated alkanes) is 1. The second kappa shape index (κ2) is 13.8. The highest BCUT2D eigenvalue weighted by molar-refractivity contribution is 5.85. The first-order valence-electron chi connectivity index (χ1n) is 11.3. The smallest absolute Gasteiger partial charge is 0.408 e. The molecule has 9 nitrogen and oxygen atoms in total. The molecular weight excluding hydrogens is 436 g/mol. The molecule has 9 heteroatoms. The molecular formula is C25H34N4O5. The van der Waals surface area contributed by atoms with Crippen LogP contribution in [-0.4, -0.2) is 41.3 Å². The molecule has 1 aromatic heterocycles. The molecule has 0 aliphatic carbocycles. The summed E-state index contributed by atoms with van der Waals surface area (Å²) in [5.41, 5.74) is 0.995. The monoisotopic (exact) mass is 470 g/mol. The molecule has 0 saturated heterocycles. The van der Waals surface area contributed by atoms with Gasteiger partial charge in [-0.1, -0.05) is 36.4 Å². The third-order valence-electron chi connectivity index (χ3n) is 4.58. The summed E-state index contributed by atoms with van der Waals surface area (Å²) in [6.45, 7) is 6.14. The van der Waals surface area contributed by atoms with Crippen molar-refractivity contribution < 1.29 is 23.9 Å². The number of carbonyl (C=O) groups excluding carboxylic acids is 3. The van der Waals surface area contributed by atoms with Crippen molar-refractivity contribution in [2.24, 2.45) is 0 Å². The fourth-order valence-electron chi connectivity index (χ4n) is 2.96. The third-order valence-corrected chi connectivity index (χ3v) is 4.58. The number of nitrogens with zero attached hydrogens (tertiary/aromatic N) is 1. The lowest BCUT2D eigenvalue weighted by atomic mass is 10.1. The first-order chi connectivity index (χ1) is 16.2. The van der Waals surface area contributed by atoms with E-state index in [0.29, 0.717) is 31.5 Å². The van der Waals surface area contributed by atoms with E-state index in [9.17, 15) is 14.4 Å². The van der Waals surface area contributed by atoms with Crippen LogP contribution in [-0.2, 0) is 27.4 Å². The van der Waals surface area contributed by atoms with Crippen molar-refractivity contribution in [3.63, 3.8) is 0 Å². The minimum absolute atomic E-state index is 0.106. The van der Waals surface area contributed by atoms with Gasteiger partial charge in [-0.25, -0.2) is 9.59 Å². The summed E-state index contributed by atoms with van der Waals surface area (Å²) in [5, 5.41) is 8.14. The summed E-state index contributed by atoms with van der Waals surface area (Å²) < 4.78 is 10.5. The molecule has 1 heterocycles. The van der Waals surface area contributed by atoms with Crippen LogP contribution in [0.4, 0.5) is 9.59 Å². The zero-order chi connectivity index (χ0) is 24.8. The van der Waals surface area contributed by atoms with Crippen molar-refractivity contribution >= 4 is 18.1 Å². The molecule has 2 aromatic rings. The van der Waals surface area contributed by atoms with Crippen LogP contribution >= 0.6 is 0 Å². The first kappa shape index (κ1) is 26.6. The van der Waals surface area contributed by atoms with Crippen molar-refractivity contribution in [2.45, 2.75) is 64.8 Å². The van der Waals surface area contributed by atoms with E-state index in [2.05, 4.69) is 20.9 Å². The number of ether oxygens (including phenoxy) is 2. The lowest BCUT2D eigenvalue weighted by Crippen LogP contribution is -2.46. The van der Waals surface area contributed by atoms with Crippen LogP contribution in [0.2, 0.25) is 0 Å². The zero-order valence-electron chi connectivity index (χ0n) is 20.0. The Bertz CT molecular complexity index is 901. The van der Waals surface area contributed by atoms with Crippen molar-refractivity contribution in [3.05, 3.63) is 66.0 Å². The number of hydrogen-bond donors (Lipinski definition) is 3. The Balaban J connectivity index is 1.83. The number of hydrogen-bond acceptors (Lipinski definition) is 6. The minimum atomic E-state index is -0.784. The third kappa shape index (κ3) is 11.3. The van der Waals surface area contributed by atoms with Gasteiger partial charge in [0.1, 0.15) is 18.2 Å². The minimum Gasteiger partial charge on any atom is -0.445 e. The number of alkyl carbamates (subject to hydrolysis) is 2. The van der Waals surface area contributed by atoms with Gasteiger partial charge in [-0.2, -0.15) is 0 Å². The molecule has 2 rings (SSSR count). The normalized spacial score (nSPS) is 11.7. The Labute approximate surface area is 200 Å². The Hall–Kier alpha value is -3.62. The van der Waals surface area contributed by atoms with Crippen LogP contribution in [0.25, 0.3) is 0 Å². The van der Waals surface area contributed by atoms with Crippen LogP contribution in [0.1, 0.15) is 51.3 Å². The number of amides is 3. The topological polar surface area (TPSA) is 119 Å². The molecule has 1 atom stereocenters. The predicted molar refractivity (Wildman–Crippen MR) is 128 cm³/mol. The SMILES string of the molecule is CC(C)(C)OC(=O)NCCCC[C@H](NC(=O)OCc1ccccc1)C(=O)NCc1ccccn1. The van der Waals surface area contributed by atoms with Gasteiger partial charge in [0.25, 0.3) is 0 Å². The Morgan fingerprint density at radius 2 is 1.68 bits per heavy atom. The first-order valence-corrected chi connectivity index (χ1v) is 11.3. The number of aromatic nitrogens is 1. The van der Waals surface area contributed by atoms with Crippen LogP contribution in [0.5, 0.6) is 0 Å². The van der Waals surface area contributed by atoms with Gasteiger partial charge < -0.3 is 25.4 Å². The molecule has 0 saturated carbocycles. The molecule has 3 amide bonds. The number of pyridine rings is 1. The van der Waals surface area contributed by atoms with Gasteiger partial charge >= 0.3 is 12.2 Å². The van der Waals surface area contributed by atoms with Gasteiger partial charge in [0, 0.05) is 12.7 Å². The highest BCUT2D eigenvalue weighted by Gasteiger charge is 2.21. The van der Waals surface area contributed by atoms with E-state index in [-0.39, 0.29) is 19.1 Å². The summed E-state index contributed by atoms with van der Waals surface area (Å²) in [4.78, 5) is 41.0. The Kier molecular flexibility index (Phi) is 10.8. The standard InChI is InChI=1S/C25H34N4O5/c1-25(2,3)34-23(31)27-16-10-8-14-21(22(30)28-17-20-13-7-9-15-26-20)29-24(32)33-18-19-11-5-4-6-12-19/h4-7,9,11-13,15,21H,8,10,14,16-18H2,1-3H3,(H,27,31)(H,28,30)(H,29,32)/t21-/m0/s1. The van der Waals surface area contributed by atoms with E-state index >= 15 is 0 Å². The van der Waals surface area contributed by atoms with Crippen LogP contribution in [0, 0.1) is 0 Å². The maximum atomic E-state index is 12.8. The molecule has 184 valence electrons. The van der Waals surface area contributed by atoms with Crippen LogP contribution in [0.15, 0.2) is 54.7 Å². The number of carbonyl (C=O) groups is 3. The van der Waals surface area contributed by atoms with Crippen molar-refractivity contribution in [3.8, 4) is 0 Å². The van der Waals surface area contributed by atoms with Gasteiger partial charge in [0.05, 0.1) is 12.2 Å². The van der Waals surface area contributed by atoms with E-state index in [1.807, 2.05) is 36.4 Å². The summed E-state index contributed by atoms with van der Waals surface area (Å²) in [6, 6.07) is 13.9. The average molecular weight is 471 g/mol. The second-order valence-corrected chi connectivity index (χ2v) is 8.72. The fraction of sp³-hybridized carbons (Fsp3) is 0.440. The fourth-order valence-corrected chi connectivity index (χ4v) is 2.96. The number of nitrogens with one attached hydrogen (secondary N) is 3. The van der Waals surface area contributed by atoms with Gasteiger partial charge in [0.15, 0.2) is 0 Å². The molecule has 0 unspecified atom stereocenters. The second-order valence-electron chi connectivity index (χ2n) is 8.72. The Morgan fingerprint density at radius 1 is 0.941 bits per heavy atom. The summed E-state index contributed by atoms with van der Waals surface area (Å²) >= 11 is 0. The average Bonchev–Trinajstić information content (AvgIpc) is 2.80. The molecule has 1 aromatic carbocycles. The largest absolute Gasteiger partial charge is 0.445 e. The van der Waals surface area contributed by atoms with Crippen molar-refractivity contribution in [1.82, 2.24) is 20.9 Å². The highest BCUT2D eigenvalue weighted by atomic mass is 16.6. The molecule has 0 spiro atoms. The van der Waals surface area contributed by atoms with E-state index in [0.717, 1.165) is 5.56 Å².